The molecule has 2 heterocycles. The van der Waals surface area contributed by atoms with Gasteiger partial charge in [0, 0.05) is 20.0 Å². The van der Waals surface area contributed by atoms with Crippen molar-refractivity contribution in [3.63, 3.8) is 0 Å². The van der Waals surface area contributed by atoms with Crippen molar-refractivity contribution >= 4 is 23.3 Å². The van der Waals surface area contributed by atoms with E-state index in [0.29, 0.717) is 5.69 Å². The van der Waals surface area contributed by atoms with Gasteiger partial charge in [0.05, 0.1) is 11.9 Å². The first kappa shape index (κ1) is 17.2. The number of aromatic nitrogens is 1. The van der Waals surface area contributed by atoms with Crippen molar-refractivity contribution < 1.29 is 9.59 Å². The number of carbonyl (C=O) groups is 2. The monoisotopic (exact) mass is 318 g/mol. The lowest BCUT2D eigenvalue weighted by Gasteiger charge is -2.27. The Bertz CT molecular complexity index is 536. The highest BCUT2D eigenvalue weighted by Gasteiger charge is 2.23. The molecule has 0 bridgehead atoms. The fraction of sp³-hybridized carbons (Fsp3) is 0.588. The third-order valence-corrected chi connectivity index (χ3v) is 4.00. The molecule has 2 amide bonds. The van der Waals surface area contributed by atoms with E-state index >= 15 is 0 Å². The summed E-state index contributed by atoms with van der Waals surface area (Å²) in [5.41, 5.74) is 0.645. The summed E-state index contributed by atoms with van der Waals surface area (Å²) in [4.78, 5) is 30.2. The molecule has 1 aromatic heterocycles. The van der Waals surface area contributed by atoms with Crippen LogP contribution in [-0.4, -0.2) is 35.9 Å². The van der Waals surface area contributed by atoms with E-state index in [0.717, 1.165) is 18.9 Å². The van der Waals surface area contributed by atoms with E-state index in [4.69, 9.17) is 0 Å². The second-order valence-corrected chi connectivity index (χ2v) is 6.36. The molecule has 126 valence electrons. The number of pyridine rings is 1. The molecule has 23 heavy (non-hydrogen) atoms. The first-order valence-electron chi connectivity index (χ1n) is 8.26. The molecule has 6 nitrogen and oxygen atoms in total. The summed E-state index contributed by atoms with van der Waals surface area (Å²) in [7, 11) is 0. The van der Waals surface area contributed by atoms with Gasteiger partial charge in [0.1, 0.15) is 11.9 Å². The molecule has 0 spiro atoms. The number of nitrogens with one attached hydrogen (secondary N) is 2. The van der Waals surface area contributed by atoms with Crippen molar-refractivity contribution in [2.75, 3.05) is 23.3 Å². The Morgan fingerprint density at radius 1 is 1.17 bits per heavy atom. The standard InChI is InChI=1S/C17H26N4O2/c1-12(2)16(19-13(3)22)17(23)20-14-7-8-15(18-11-14)21-9-5-4-6-10-21/h7-8,11-12,16H,4-6,9-10H2,1-3H3,(H,19,22)(H,20,23)/t16-/m0/s1. The lowest BCUT2D eigenvalue weighted by molar-refractivity contribution is -0.126. The van der Waals surface area contributed by atoms with Crippen molar-refractivity contribution in [1.29, 1.82) is 0 Å². The Kier molecular flexibility index (Phi) is 5.96. The molecule has 0 radical (unpaired) electrons. The summed E-state index contributed by atoms with van der Waals surface area (Å²) in [5.74, 6) is 0.532. The van der Waals surface area contributed by atoms with Gasteiger partial charge < -0.3 is 15.5 Å². The van der Waals surface area contributed by atoms with Crippen LogP contribution in [0.5, 0.6) is 0 Å². The summed E-state index contributed by atoms with van der Waals surface area (Å²) in [6, 6.07) is 3.25. The Hall–Kier alpha value is -2.11. The maximum absolute atomic E-state index is 12.3. The Balaban J connectivity index is 1.98. The molecular formula is C17H26N4O2. The number of amides is 2. The van der Waals surface area contributed by atoms with Crippen LogP contribution in [0.1, 0.15) is 40.0 Å². The zero-order chi connectivity index (χ0) is 16.8. The number of anilines is 2. The lowest BCUT2D eigenvalue weighted by atomic mass is 10.0. The molecule has 1 fully saturated rings. The van der Waals surface area contributed by atoms with Gasteiger partial charge in [-0.3, -0.25) is 9.59 Å². The first-order chi connectivity index (χ1) is 11.0. The van der Waals surface area contributed by atoms with Crippen LogP contribution in [0.4, 0.5) is 11.5 Å². The fourth-order valence-corrected chi connectivity index (χ4v) is 2.74. The van der Waals surface area contributed by atoms with Gasteiger partial charge in [-0.1, -0.05) is 13.8 Å². The molecule has 2 N–H and O–H groups in total. The van der Waals surface area contributed by atoms with Gasteiger partial charge in [0.2, 0.25) is 11.8 Å². The van der Waals surface area contributed by atoms with Crippen LogP contribution in [0.3, 0.4) is 0 Å². The van der Waals surface area contributed by atoms with Gasteiger partial charge in [-0.2, -0.15) is 0 Å². The van der Waals surface area contributed by atoms with Gasteiger partial charge in [0.15, 0.2) is 0 Å². The number of hydrogen-bond acceptors (Lipinski definition) is 4. The van der Waals surface area contributed by atoms with Gasteiger partial charge >= 0.3 is 0 Å². The minimum Gasteiger partial charge on any atom is -0.357 e. The summed E-state index contributed by atoms with van der Waals surface area (Å²) < 4.78 is 0. The average molecular weight is 318 g/mol. The summed E-state index contributed by atoms with van der Waals surface area (Å²) in [6.07, 6.45) is 5.36. The second-order valence-electron chi connectivity index (χ2n) is 6.36. The van der Waals surface area contributed by atoms with Gasteiger partial charge in [-0.15, -0.1) is 0 Å². The zero-order valence-corrected chi connectivity index (χ0v) is 14.1. The van der Waals surface area contributed by atoms with E-state index in [9.17, 15) is 9.59 Å². The molecule has 0 aliphatic carbocycles. The number of piperidine rings is 1. The molecule has 0 saturated carbocycles. The van der Waals surface area contributed by atoms with Gasteiger partial charge in [-0.05, 0) is 37.3 Å². The molecule has 6 heteroatoms. The average Bonchev–Trinajstić information content (AvgIpc) is 2.53. The number of nitrogens with zero attached hydrogens (tertiary/aromatic N) is 2. The normalized spacial score (nSPS) is 16.1. The van der Waals surface area contributed by atoms with Gasteiger partial charge in [-0.25, -0.2) is 4.98 Å². The largest absolute Gasteiger partial charge is 0.357 e. The van der Waals surface area contributed by atoms with E-state index in [-0.39, 0.29) is 17.7 Å². The van der Waals surface area contributed by atoms with Crippen molar-refractivity contribution in [1.82, 2.24) is 10.3 Å². The highest BCUT2D eigenvalue weighted by atomic mass is 16.2. The maximum Gasteiger partial charge on any atom is 0.247 e. The quantitative estimate of drug-likeness (QED) is 0.872. The minimum absolute atomic E-state index is 0.0134. The number of rotatable bonds is 5. The van der Waals surface area contributed by atoms with Crippen LogP contribution < -0.4 is 15.5 Å². The molecule has 1 atom stereocenters. The molecular weight excluding hydrogens is 292 g/mol. The predicted molar refractivity (Wildman–Crippen MR) is 91.4 cm³/mol. The topological polar surface area (TPSA) is 74.3 Å². The van der Waals surface area contributed by atoms with E-state index in [1.54, 1.807) is 6.20 Å². The Morgan fingerprint density at radius 2 is 1.87 bits per heavy atom. The minimum atomic E-state index is -0.547. The first-order valence-corrected chi connectivity index (χ1v) is 8.26. The van der Waals surface area contributed by atoms with Crippen LogP contribution >= 0.6 is 0 Å². The summed E-state index contributed by atoms with van der Waals surface area (Å²) in [5, 5.41) is 5.51. The number of carbonyl (C=O) groups excluding carboxylic acids is 2. The number of hydrogen-bond donors (Lipinski definition) is 2. The van der Waals surface area contributed by atoms with Crippen LogP contribution in [0.15, 0.2) is 18.3 Å². The molecule has 0 unspecified atom stereocenters. The molecule has 2 rings (SSSR count). The third-order valence-electron chi connectivity index (χ3n) is 4.00. The molecule has 0 aromatic carbocycles. The molecule has 1 aromatic rings. The second kappa shape index (κ2) is 7.94. The van der Waals surface area contributed by atoms with Crippen molar-refractivity contribution in [2.24, 2.45) is 5.92 Å². The Morgan fingerprint density at radius 3 is 2.39 bits per heavy atom. The lowest BCUT2D eigenvalue weighted by Crippen LogP contribution is -2.46. The van der Waals surface area contributed by atoms with E-state index in [1.165, 1.54) is 26.2 Å². The van der Waals surface area contributed by atoms with E-state index in [2.05, 4.69) is 20.5 Å². The third kappa shape index (κ3) is 4.94. The van der Waals surface area contributed by atoms with Crippen LogP contribution in [0, 0.1) is 5.92 Å². The highest BCUT2D eigenvalue weighted by molar-refractivity contribution is 5.97. The SMILES string of the molecule is CC(=O)N[C@H](C(=O)Nc1ccc(N2CCCCC2)nc1)C(C)C. The van der Waals surface area contributed by atoms with Gasteiger partial charge in [0.25, 0.3) is 0 Å². The van der Waals surface area contributed by atoms with Crippen molar-refractivity contribution in [3.8, 4) is 0 Å². The Labute approximate surface area is 137 Å². The van der Waals surface area contributed by atoms with E-state index < -0.39 is 6.04 Å². The highest BCUT2D eigenvalue weighted by Crippen LogP contribution is 2.19. The molecule has 1 aliphatic rings. The molecule has 1 aliphatic heterocycles. The maximum atomic E-state index is 12.3. The van der Waals surface area contributed by atoms with Crippen molar-refractivity contribution in [2.45, 2.75) is 46.1 Å². The smallest absolute Gasteiger partial charge is 0.247 e. The van der Waals surface area contributed by atoms with Crippen LogP contribution in [0.2, 0.25) is 0 Å². The molecule has 1 saturated heterocycles. The van der Waals surface area contributed by atoms with E-state index in [1.807, 2.05) is 26.0 Å². The van der Waals surface area contributed by atoms with Crippen LogP contribution in [0.25, 0.3) is 0 Å². The predicted octanol–water partition coefficient (Wildman–Crippen LogP) is 2.17. The summed E-state index contributed by atoms with van der Waals surface area (Å²) in [6.45, 7) is 7.29. The van der Waals surface area contributed by atoms with Crippen molar-refractivity contribution in [3.05, 3.63) is 18.3 Å². The summed E-state index contributed by atoms with van der Waals surface area (Å²) >= 11 is 0. The van der Waals surface area contributed by atoms with Crippen LogP contribution in [-0.2, 0) is 9.59 Å². The zero-order valence-electron chi connectivity index (χ0n) is 14.1. The fourth-order valence-electron chi connectivity index (χ4n) is 2.74.